The zero-order chi connectivity index (χ0) is 13.0. The molecule has 1 aromatic rings. The van der Waals surface area contributed by atoms with E-state index in [2.05, 4.69) is 9.72 Å². The number of hydrogen-bond donors (Lipinski definition) is 2. The normalized spacial score (nSPS) is 10.6. The molecule has 0 amide bonds. The van der Waals surface area contributed by atoms with Gasteiger partial charge in [-0.2, -0.15) is 0 Å². The number of nitrogen functional groups attached to an aromatic ring is 1. The molecule has 7 heteroatoms. The lowest BCUT2D eigenvalue weighted by Crippen LogP contribution is -2.12. The fraction of sp³-hybridized carbons (Fsp3) is 0.400. The first-order valence-electron chi connectivity index (χ1n) is 4.82. The van der Waals surface area contributed by atoms with E-state index in [1.165, 1.54) is 13.2 Å². The lowest BCUT2D eigenvalue weighted by Gasteiger charge is -2.11. The Hall–Kier alpha value is -1.76. The van der Waals surface area contributed by atoms with E-state index < -0.39 is 12.4 Å². The van der Waals surface area contributed by atoms with Gasteiger partial charge >= 0.3 is 5.97 Å². The van der Waals surface area contributed by atoms with Gasteiger partial charge in [0.05, 0.1) is 24.8 Å². The Kier molecular flexibility index (Phi) is 4.33. The largest absolute Gasteiger partial charge is 0.469 e. The molecule has 0 spiro atoms. The average Bonchev–Trinajstić information content (AvgIpc) is 2.27. The van der Waals surface area contributed by atoms with Crippen LogP contribution in [-0.4, -0.2) is 18.1 Å². The van der Waals surface area contributed by atoms with Crippen molar-refractivity contribution in [2.75, 3.05) is 12.8 Å². The second-order valence-corrected chi connectivity index (χ2v) is 3.33. The number of alkyl halides is 2. The molecule has 17 heavy (non-hydrogen) atoms. The van der Waals surface area contributed by atoms with Gasteiger partial charge in [-0.15, -0.1) is 0 Å². The zero-order valence-electron chi connectivity index (χ0n) is 9.24. The van der Waals surface area contributed by atoms with E-state index in [1.54, 1.807) is 0 Å². The Balaban J connectivity index is 3.13. The van der Waals surface area contributed by atoms with E-state index in [4.69, 9.17) is 11.5 Å². The summed E-state index contributed by atoms with van der Waals surface area (Å²) in [6, 6.07) is 1.34. The van der Waals surface area contributed by atoms with Crippen molar-refractivity contribution in [3.05, 3.63) is 22.9 Å². The molecule has 94 valence electrons. The van der Waals surface area contributed by atoms with Crippen LogP contribution < -0.4 is 11.5 Å². The number of carbonyl (C=O) groups excluding carboxylic acids is 1. The van der Waals surface area contributed by atoms with Crippen LogP contribution >= 0.6 is 0 Å². The monoisotopic (exact) mass is 245 g/mol. The number of anilines is 1. The van der Waals surface area contributed by atoms with Gasteiger partial charge in [-0.25, -0.2) is 13.8 Å². The highest BCUT2D eigenvalue weighted by molar-refractivity contribution is 5.72. The first-order chi connectivity index (χ1) is 7.99. The molecule has 0 saturated carbocycles. The summed E-state index contributed by atoms with van der Waals surface area (Å²) in [7, 11) is 1.23. The topological polar surface area (TPSA) is 91.2 Å². The third kappa shape index (κ3) is 3.10. The molecule has 0 aliphatic carbocycles. The van der Waals surface area contributed by atoms with Crippen molar-refractivity contribution in [1.82, 2.24) is 4.98 Å². The van der Waals surface area contributed by atoms with Crippen LogP contribution in [0.5, 0.6) is 0 Å². The quantitative estimate of drug-likeness (QED) is 0.765. The third-order valence-electron chi connectivity index (χ3n) is 2.22. The molecule has 1 aromatic heterocycles. The number of pyridine rings is 1. The van der Waals surface area contributed by atoms with Crippen LogP contribution in [0.4, 0.5) is 14.6 Å². The summed E-state index contributed by atoms with van der Waals surface area (Å²) in [5.74, 6) is -0.827. The molecule has 1 heterocycles. The summed E-state index contributed by atoms with van der Waals surface area (Å²) >= 11 is 0. The molecule has 1 rings (SSSR count). The molecule has 0 aliphatic heterocycles. The maximum atomic E-state index is 12.7. The predicted molar refractivity (Wildman–Crippen MR) is 57.2 cm³/mol. The molecule has 0 aliphatic rings. The average molecular weight is 245 g/mol. The number of rotatable bonds is 4. The van der Waals surface area contributed by atoms with E-state index in [9.17, 15) is 13.6 Å². The van der Waals surface area contributed by atoms with Crippen molar-refractivity contribution >= 4 is 11.8 Å². The lowest BCUT2D eigenvalue weighted by molar-refractivity contribution is -0.139. The first-order valence-corrected chi connectivity index (χ1v) is 4.82. The number of methoxy groups -OCH3 is 1. The number of carbonyl (C=O) groups is 1. The summed E-state index contributed by atoms with van der Waals surface area (Å²) in [6.45, 7) is -0.0967. The van der Waals surface area contributed by atoms with E-state index in [1.807, 2.05) is 0 Å². The molecule has 0 bridgehead atoms. The van der Waals surface area contributed by atoms with Gasteiger partial charge < -0.3 is 16.2 Å². The number of aromatic nitrogens is 1. The predicted octanol–water partition coefficient (Wildman–Crippen LogP) is 0.776. The smallest absolute Gasteiger partial charge is 0.311 e. The van der Waals surface area contributed by atoms with E-state index >= 15 is 0 Å². The van der Waals surface area contributed by atoms with Gasteiger partial charge in [0.15, 0.2) is 0 Å². The Morgan fingerprint density at radius 2 is 2.24 bits per heavy atom. The molecule has 0 atom stereocenters. The number of nitrogens with two attached hydrogens (primary N) is 2. The summed E-state index contributed by atoms with van der Waals surface area (Å²) in [5.41, 5.74) is 10.8. The molecule has 5 nitrogen and oxygen atoms in total. The van der Waals surface area contributed by atoms with Gasteiger partial charge in [0, 0.05) is 6.54 Å². The lowest BCUT2D eigenvalue weighted by atomic mass is 10.1. The fourth-order valence-corrected chi connectivity index (χ4v) is 1.42. The van der Waals surface area contributed by atoms with Crippen molar-refractivity contribution in [3.8, 4) is 0 Å². The van der Waals surface area contributed by atoms with Gasteiger partial charge in [0.1, 0.15) is 5.82 Å². The van der Waals surface area contributed by atoms with Crippen LogP contribution in [0.1, 0.15) is 23.2 Å². The van der Waals surface area contributed by atoms with Gasteiger partial charge in [-0.1, -0.05) is 0 Å². The Bertz CT molecular complexity index is 424. The Labute approximate surface area is 96.8 Å². The highest BCUT2D eigenvalue weighted by Gasteiger charge is 2.19. The number of nitrogens with zero attached hydrogens (tertiary/aromatic N) is 1. The summed E-state index contributed by atoms with van der Waals surface area (Å²) in [4.78, 5) is 14.8. The van der Waals surface area contributed by atoms with Crippen LogP contribution in [0.15, 0.2) is 6.07 Å². The van der Waals surface area contributed by atoms with E-state index in [0.29, 0.717) is 0 Å². The second kappa shape index (κ2) is 5.53. The van der Waals surface area contributed by atoms with Crippen LogP contribution in [0.3, 0.4) is 0 Å². The maximum absolute atomic E-state index is 12.7. The van der Waals surface area contributed by atoms with Gasteiger partial charge in [0.2, 0.25) is 0 Å². The molecular weight excluding hydrogens is 232 g/mol. The van der Waals surface area contributed by atoms with Crippen molar-refractivity contribution in [2.45, 2.75) is 19.4 Å². The second-order valence-electron chi connectivity index (χ2n) is 3.33. The Morgan fingerprint density at radius 1 is 1.59 bits per heavy atom. The van der Waals surface area contributed by atoms with Crippen LogP contribution in [-0.2, 0) is 22.5 Å². The van der Waals surface area contributed by atoms with Crippen LogP contribution in [0.25, 0.3) is 0 Å². The van der Waals surface area contributed by atoms with Crippen molar-refractivity contribution in [1.29, 1.82) is 0 Å². The summed E-state index contributed by atoms with van der Waals surface area (Å²) < 4.78 is 29.8. The maximum Gasteiger partial charge on any atom is 0.311 e. The number of halogens is 2. The van der Waals surface area contributed by atoms with Gasteiger partial charge in [-0.3, -0.25) is 4.79 Å². The Morgan fingerprint density at radius 3 is 2.71 bits per heavy atom. The van der Waals surface area contributed by atoms with Crippen LogP contribution in [0.2, 0.25) is 0 Å². The minimum Gasteiger partial charge on any atom is -0.469 e. The molecule has 0 aromatic carbocycles. The van der Waals surface area contributed by atoms with Crippen molar-refractivity contribution in [2.24, 2.45) is 5.73 Å². The highest BCUT2D eigenvalue weighted by atomic mass is 19.3. The molecule has 0 saturated heterocycles. The molecule has 0 radical (unpaired) electrons. The summed E-state index contributed by atoms with van der Waals surface area (Å²) in [5, 5.41) is 0. The number of hydrogen-bond acceptors (Lipinski definition) is 5. The van der Waals surface area contributed by atoms with Gasteiger partial charge in [-0.05, 0) is 11.6 Å². The van der Waals surface area contributed by atoms with Crippen LogP contribution in [0, 0.1) is 0 Å². The van der Waals surface area contributed by atoms with Crippen molar-refractivity contribution < 1.29 is 18.3 Å². The molecule has 4 N–H and O–H groups in total. The molecular formula is C10H13F2N3O2. The van der Waals surface area contributed by atoms with Crippen molar-refractivity contribution in [3.63, 3.8) is 0 Å². The minimum atomic E-state index is -2.74. The molecule has 0 unspecified atom stereocenters. The number of ether oxygens (including phenoxy) is 1. The highest BCUT2D eigenvalue weighted by Crippen LogP contribution is 2.28. The standard InChI is InChI=1S/C10H13F2N3O2/c1-17-7(16)3-6-2-5(4-13)8(9(11)12)10(14)15-6/h2,9H,3-4,13H2,1H3,(H2,14,15). The third-order valence-corrected chi connectivity index (χ3v) is 2.22. The summed E-state index contributed by atoms with van der Waals surface area (Å²) in [6.07, 6.45) is -2.87. The fourth-order valence-electron chi connectivity index (χ4n) is 1.42. The molecule has 0 fully saturated rings. The minimum absolute atomic E-state index is 0.0967. The number of esters is 1. The first kappa shape index (κ1) is 13.3. The SMILES string of the molecule is COC(=O)Cc1cc(CN)c(C(F)F)c(N)n1. The van der Waals surface area contributed by atoms with E-state index in [0.717, 1.165) is 0 Å². The zero-order valence-corrected chi connectivity index (χ0v) is 9.24. The van der Waals surface area contributed by atoms with Gasteiger partial charge in [0.25, 0.3) is 6.43 Å². The van der Waals surface area contributed by atoms with E-state index in [-0.39, 0.29) is 35.6 Å².